The highest BCUT2D eigenvalue weighted by atomic mass is 32.2. The highest BCUT2D eigenvalue weighted by Crippen LogP contribution is 2.32. The Morgan fingerprint density at radius 3 is 1.42 bits per heavy atom. The zero-order valence-corrected chi connectivity index (χ0v) is 20.4. The van der Waals surface area contributed by atoms with E-state index in [4.69, 9.17) is 17.8 Å². The van der Waals surface area contributed by atoms with E-state index < -0.39 is 38.2 Å². The molecule has 2 aromatic carbocycles. The van der Waals surface area contributed by atoms with Crippen molar-refractivity contribution in [2.24, 2.45) is 0 Å². The van der Waals surface area contributed by atoms with Crippen LogP contribution in [0, 0.1) is 0 Å². The van der Waals surface area contributed by atoms with Crippen LogP contribution in [0.3, 0.4) is 0 Å². The summed E-state index contributed by atoms with van der Waals surface area (Å²) in [6.45, 7) is 3.37. The maximum atomic E-state index is 12.2. The Balaban J connectivity index is 1.47. The fourth-order valence-electron chi connectivity index (χ4n) is 3.62. The molecule has 0 spiro atoms. The molecule has 1 fully saturated rings. The molecule has 0 N–H and O–H groups in total. The van der Waals surface area contributed by atoms with Crippen LogP contribution in [0.1, 0.15) is 37.8 Å². The van der Waals surface area contributed by atoms with Crippen LogP contribution in [-0.2, 0) is 49.6 Å². The molecule has 182 valence electrons. The average Bonchev–Trinajstić information content (AvgIpc) is 3.02. The second kappa shape index (κ2) is 11.1. The van der Waals surface area contributed by atoms with Crippen molar-refractivity contribution >= 4 is 20.2 Å². The molecule has 0 bridgehead atoms. The van der Waals surface area contributed by atoms with Crippen molar-refractivity contribution in [3.05, 3.63) is 71.8 Å². The van der Waals surface area contributed by atoms with E-state index in [2.05, 4.69) is 0 Å². The summed E-state index contributed by atoms with van der Waals surface area (Å²) in [5.41, 5.74) is 1.29. The molecule has 2 atom stereocenters. The van der Waals surface area contributed by atoms with Crippen molar-refractivity contribution in [1.29, 1.82) is 0 Å². The minimum atomic E-state index is -3.74. The van der Waals surface area contributed by atoms with E-state index in [0.717, 1.165) is 0 Å². The SMILES string of the molecule is CC1(C)OC(CCOS(=O)(=O)Cc2ccccc2)C(CCOS(=O)(=O)Cc2ccccc2)O1. The largest absolute Gasteiger partial charge is 0.344 e. The lowest BCUT2D eigenvalue weighted by Crippen LogP contribution is -2.27. The topological polar surface area (TPSA) is 105 Å². The predicted octanol–water partition coefficient (Wildman–Crippen LogP) is 3.38. The van der Waals surface area contributed by atoms with Gasteiger partial charge in [0.15, 0.2) is 5.79 Å². The molecule has 2 unspecified atom stereocenters. The van der Waals surface area contributed by atoms with Crippen molar-refractivity contribution in [2.45, 2.75) is 56.2 Å². The van der Waals surface area contributed by atoms with Gasteiger partial charge in [0, 0.05) is 12.8 Å². The highest BCUT2D eigenvalue weighted by molar-refractivity contribution is 7.86. The second-order valence-corrected chi connectivity index (χ2v) is 11.6. The molecular formula is C23H30O8S2. The number of hydrogen-bond donors (Lipinski definition) is 0. The van der Waals surface area contributed by atoms with E-state index in [0.29, 0.717) is 11.1 Å². The summed E-state index contributed by atoms with van der Waals surface area (Å²) in [7, 11) is -7.48. The number of ether oxygens (including phenoxy) is 2. The quantitative estimate of drug-likeness (QED) is 0.410. The molecule has 1 aliphatic rings. The minimum Gasteiger partial charge on any atom is -0.344 e. The highest BCUT2D eigenvalue weighted by Gasteiger charge is 2.41. The summed E-state index contributed by atoms with van der Waals surface area (Å²) in [5.74, 6) is -1.29. The Kier molecular flexibility index (Phi) is 8.65. The lowest BCUT2D eigenvalue weighted by molar-refractivity contribution is -0.147. The van der Waals surface area contributed by atoms with Gasteiger partial charge in [-0.25, -0.2) is 0 Å². The van der Waals surface area contributed by atoms with Crippen molar-refractivity contribution in [1.82, 2.24) is 0 Å². The van der Waals surface area contributed by atoms with Crippen molar-refractivity contribution in [3.63, 3.8) is 0 Å². The average molecular weight is 499 g/mol. The maximum Gasteiger partial charge on any atom is 0.271 e. The predicted molar refractivity (Wildman–Crippen MR) is 123 cm³/mol. The van der Waals surface area contributed by atoms with Crippen molar-refractivity contribution in [3.8, 4) is 0 Å². The molecule has 0 saturated carbocycles. The second-order valence-electron chi connectivity index (χ2n) is 8.31. The molecule has 0 aliphatic carbocycles. The Morgan fingerprint density at radius 2 is 1.06 bits per heavy atom. The normalized spacial score (nSPS) is 20.7. The molecule has 1 saturated heterocycles. The lowest BCUT2D eigenvalue weighted by atomic mass is 10.1. The zero-order valence-electron chi connectivity index (χ0n) is 18.8. The Morgan fingerprint density at radius 1 is 0.697 bits per heavy atom. The summed E-state index contributed by atoms with van der Waals surface area (Å²) in [6, 6.07) is 17.6. The Labute approximate surface area is 196 Å². The van der Waals surface area contributed by atoms with Crippen LogP contribution in [0.5, 0.6) is 0 Å². The van der Waals surface area contributed by atoms with Gasteiger partial charge < -0.3 is 9.47 Å². The summed E-state index contributed by atoms with van der Waals surface area (Å²) in [5, 5.41) is 0. The Bertz CT molecular complexity index is 996. The first-order chi connectivity index (χ1) is 15.5. The van der Waals surface area contributed by atoms with Gasteiger partial charge >= 0.3 is 0 Å². The van der Waals surface area contributed by atoms with Crippen LogP contribution in [0.25, 0.3) is 0 Å². The molecule has 0 amide bonds. The molecule has 8 nitrogen and oxygen atoms in total. The molecule has 0 aromatic heterocycles. The van der Waals surface area contributed by atoms with Gasteiger partial charge in [0.25, 0.3) is 20.2 Å². The van der Waals surface area contributed by atoms with Gasteiger partial charge in [-0.05, 0) is 25.0 Å². The van der Waals surface area contributed by atoms with Gasteiger partial charge in [-0.2, -0.15) is 16.8 Å². The van der Waals surface area contributed by atoms with E-state index in [1.165, 1.54) is 0 Å². The van der Waals surface area contributed by atoms with E-state index in [-0.39, 0.29) is 37.6 Å². The van der Waals surface area contributed by atoms with Crippen LogP contribution in [-0.4, -0.2) is 48.0 Å². The van der Waals surface area contributed by atoms with Gasteiger partial charge in [-0.1, -0.05) is 60.7 Å². The zero-order chi connectivity index (χ0) is 24.0. The minimum absolute atomic E-state index is 0.0665. The molecule has 1 aliphatic heterocycles. The first kappa shape index (κ1) is 25.8. The number of rotatable bonds is 12. The third-order valence-corrected chi connectivity index (χ3v) is 7.41. The van der Waals surface area contributed by atoms with Crippen LogP contribution >= 0.6 is 0 Å². The lowest BCUT2D eigenvalue weighted by Gasteiger charge is -2.16. The maximum absolute atomic E-state index is 12.2. The van der Waals surface area contributed by atoms with E-state index in [9.17, 15) is 16.8 Å². The Hall–Kier alpha value is -1.82. The molecule has 0 radical (unpaired) electrons. The molecule has 3 rings (SSSR count). The van der Waals surface area contributed by atoms with E-state index >= 15 is 0 Å². The first-order valence-corrected chi connectivity index (χ1v) is 13.9. The van der Waals surface area contributed by atoms with E-state index in [1.807, 2.05) is 12.1 Å². The van der Waals surface area contributed by atoms with Crippen LogP contribution in [0.15, 0.2) is 60.7 Å². The van der Waals surface area contributed by atoms with Gasteiger partial charge in [0.05, 0.1) is 25.4 Å². The van der Waals surface area contributed by atoms with Gasteiger partial charge in [-0.15, -0.1) is 0 Å². The van der Waals surface area contributed by atoms with Gasteiger partial charge in [0.1, 0.15) is 11.5 Å². The number of hydrogen-bond acceptors (Lipinski definition) is 8. The fourth-order valence-corrected chi connectivity index (χ4v) is 5.69. The third-order valence-electron chi connectivity index (χ3n) is 4.99. The molecule has 2 aromatic rings. The standard InChI is InChI=1S/C23H30O8S2/c1-23(2)30-21(13-15-28-32(24,25)17-19-9-5-3-6-10-19)22(31-23)14-16-29-33(26,27)18-20-11-7-4-8-12-20/h3-12,21-22H,13-18H2,1-2H3. The van der Waals surface area contributed by atoms with Crippen molar-refractivity contribution in [2.75, 3.05) is 13.2 Å². The monoisotopic (exact) mass is 498 g/mol. The van der Waals surface area contributed by atoms with Crippen LogP contribution in [0.2, 0.25) is 0 Å². The summed E-state index contributed by atoms with van der Waals surface area (Å²) in [4.78, 5) is 0. The van der Waals surface area contributed by atoms with Gasteiger partial charge in [0.2, 0.25) is 0 Å². The van der Waals surface area contributed by atoms with Gasteiger partial charge in [-0.3, -0.25) is 8.37 Å². The third kappa shape index (κ3) is 8.80. The summed E-state index contributed by atoms with van der Waals surface area (Å²) >= 11 is 0. The summed E-state index contributed by atoms with van der Waals surface area (Å²) in [6.07, 6.45) is -0.350. The molecule has 1 heterocycles. The smallest absolute Gasteiger partial charge is 0.271 e. The fraction of sp³-hybridized carbons (Fsp3) is 0.478. The van der Waals surface area contributed by atoms with Crippen LogP contribution < -0.4 is 0 Å². The molecular weight excluding hydrogens is 468 g/mol. The molecule has 33 heavy (non-hydrogen) atoms. The summed E-state index contributed by atoms with van der Waals surface area (Å²) < 4.78 is 71.0. The first-order valence-electron chi connectivity index (χ1n) is 10.7. The van der Waals surface area contributed by atoms with Crippen molar-refractivity contribution < 1.29 is 34.7 Å². The molecule has 10 heteroatoms. The van der Waals surface area contributed by atoms with Crippen LogP contribution in [0.4, 0.5) is 0 Å². The van der Waals surface area contributed by atoms with E-state index in [1.54, 1.807) is 62.4 Å². The number of benzene rings is 2.